The summed E-state index contributed by atoms with van der Waals surface area (Å²) in [5.41, 5.74) is 8.13. The zero-order valence-electron chi connectivity index (χ0n) is 11.9. The molecule has 0 saturated carbocycles. The van der Waals surface area contributed by atoms with Crippen LogP contribution in [-0.4, -0.2) is 47.0 Å². The minimum Gasteiger partial charge on any atom is -0.389 e. The fourth-order valence-electron chi connectivity index (χ4n) is 3.50. The Morgan fingerprint density at radius 1 is 1.20 bits per heavy atom. The van der Waals surface area contributed by atoms with Crippen molar-refractivity contribution in [2.45, 2.75) is 31.8 Å². The predicted octanol–water partition coefficient (Wildman–Crippen LogP) is 1.99. The molecular formula is C16H23N3S. The first kappa shape index (κ1) is 14.0. The molecule has 2 fully saturated rings. The van der Waals surface area contributed by atoms with Gasteiger partial charge in [0.05, 0.1) is 0 Å². The smallest absolute Gasteiger partial charge is 0.104 e. The summed E-state index contributed by atoms with van der Waals surface area (Å²) < 4.78 is 0. The first-order valence-electron chi connectivity index (χ1n) is 7.58. The summed E-state index contributed by atoms with van der Waals surface area (Å²) in [4.78, 5) is 5.74. The standard InChI is InChI=1S/C16H23N3S/c17-16(20)15-7-2-1-5-13(15)11-18-9-10-19-8-4-3-6-14(19)12-18/h1-2,5,7,14H,3-4,6,8-12H2,(H2,17,20). The Bertz CT molecular complexity index is 488. The van der Waals surface area contributed by atoms with E-state index in [0.717, 1.165) is 24.7 Å². The summed E-state index contributed by atoms with van der Waals surface area (Å²) in [6.07, 6.45) is 4.12. The Morgan fingerprint density at radius 3 is 2.90 bits per heavy atom. The molecular weight excluding hydrogens is 266 g/mol. The lowest BCUT2D eigenvalue weighted by Gasteiger charge is -2.44. The first-order valence-corrected chi connectivity index (χ1v) is 7.99. The van der Waals surface area contributed by atoms with Crippen molar-refractivity contribution in [3.63, 3.8) is 0 Å². The second-order valence-electron chi connectivity index (χ2n) is 5.94. The number of piperazine rings is 1. The van der Waals surface area contributed by atoms with Gasteiger partial charge >= 0.3 is 0 Å². The number of nitrogens with two attached hydrogens (primary N) is 1. The molecule has 2 aliphatic heterocycles. The van der Waals surface area contributed by atoms with Crippen LogP contribution in [0.4, 0.5) is 0 Å². The Balaban J connectivity index is 1.68. The largest absolute Gasteiger partial charge is 0.389 e. The number of benzene rings is 1. The SMILES string of the molecule is NC(=S)c1ccccc1CN1CCN2CCCCC2C1. The Hall–Kier alpha value is -0.970. The predicted molar refractivity (Wildman–Crippen MR) is 86.8 cm³/mol. The molecule has 2 heterocycles. The van der Waals surface area contributed by atoms with Crippen molar-refractivity contribution in [3.05, 3.63) is 35.4 Å². The zero-order chi connectivity index (χ0) is 13.9. The highest BCUT2D eigenvalue weighted by molar-refractivity contribution is 7.80. The van der Waals surface area contributed by atoms with Crippen LogP contribution in [0.5, 0.6) is 0 Å². The number of fused-ring (bicyclic) bond motifs is 1. The van der Waals surface area contributed by atoms with Gasteiger partial charge in [0.2, 0.25) is 0 Å². The molecule has 1 aromatic rings. The van der Waals surface area contributed by atoms with Gasteiger partial charge in [-0.05, 0) is 24.9 Å². The molecule has 2 saturated heterocycles. The van der Waals surface area contributed by atoms with Gasteiger partial charge in [-0.25, -0.2) is 0 Å². The van der Waals surface area contributed by atoms with Crippen molar-refractivity contribution in [3.8, 4) is 0 Å². The van der Waals surface area contributed by atoms with Gasteiger partial charge in [-0.2, -0.15) is 0 Å². The van der Waals surface area contributed by atoms with Gasteiger partial charge in [-0.3, -0.25) is 9.80 Å². The second-order valence-corrected chi connectivity index (χ2v) is 6.38. The van der Waals surface area contributed by atoms with Gasteiger partial charge in [0.25, 0.3) is 0 Å². The molecule has 2 N–H and O–H groups in total. The molecule has 1 aromatic carbocycles. The monoisotopic (exact) mass is 289 g/mol. The molecule has 4 heteroatoms. The lowest BCUT2D eigenvalue weighted by Crippen LogP contribution is -2.54. The summed E-state index contributed by atoms with van der Waals surface area (Å²) in [5, 5.41) is 0. The maximum atomic E-state index is 5.83. The summed E-state index contributed by atoms with van der Waals surface area (Å²) in [7, 11) is 0. The fourth-order valence-corrected chi connectivity index (χ4v) is 3.70. The highest BCUT2D eigenvalue weighted by Gasteiger charge is 2.28. The van der Waals surface area contributed by atoms with E-state index in [1.54, 1.807) is 0 Å². The van der Waals surface area contributed by atoms with E-state index in [4.69, 9.17) is 18.0 Å². The maximum Gasteiger partial charge on any atom is 0.104 e. The Labute approximate surface area is 126 Å². The van der Waals surface area contributed by atoms with Crippen molar-refractivity contribution in [2.75, 3.05) is 26.2 Å². The van der Waals surface area contributed by atoms with Crippen LogP contribution < -0.4 is 5.73 Å². The third kappa shape index (κ3) is 3.03. The van der Waals surface area contributed by atoms with Crippen molar-refractivity contribution in [1.29, 1.82) is 0 Å². The van der Waals surface area contributed by atoms with Gasteiger partial charge < -0.3 is 5.73 Å². The van der Waals surface area contributed by atoms with Crippen LogP contribution in [0.15, 0.2) is 24.3 Å². The number of nitrogens with zero attached hydrogens (tertiary/aromatic N) is 2. The molecule has 0 bridgehead atoms. The highest BCUT2D eigenvalue weighted by Crippen LogP contribution is 2.22. The van der Waals surface area contributed by atoms with E-state index in [2.05, 4.69) is 21.9 Å². The van der Waals surface area contributed by atoms with E-state index in [0.29, 0.717) is 4.99 Å². The molecule has 0 radical (unpaired) electrons. The molecule has 1 atom stereocenters. The number of thiocarbonyl (C=S) groups is 1. The third-order valence-electron chi connectivity index (χ3n) is 4.60. The summed E-state index contributed by atoms with van der Waals surface area (Å²) in [6, 6.07) is 9.04. The minimum absolute atomic E-state index is 0.511. The number of hydrogen-bond acceptors (Lipinski definition) is 3. The van der Waals surface area contributed by atoms with Crippen LogP contribution in [0.1, 0.15) is 30.4 Å². The number of piperidine rings is 1. The Morgan fingerprint density at radius 2 is 2.05 bits per heavy atom. The van der Waals surface area contributed by atoms with Gasteiger partial charge in [-0.15, -0.1) is 0 Å². The first-order chi connectivity index (χ1) is 9.74. The average Bonchev–Trinajstić information content (AvgIpc) is 2.47. The summed E-state index contributed by atoms with van der Waals surface area (Å²) in [5.74, 6) is 0. The molecule has 0 aliphatic carbocycles. The van der Waals surface area contributed by atoms with Crippen LogP contribution in [0, 0.1) is 0 Å². The zero-order valence-corrected chi connectivity index (χ0v) is 12.7. The van der Waals surface area contributed by atoms with E-state index in [1.807, 2.05) is 12.1 Å². The molecule has 3 nitrogen and oxygen atoms in total. The number of hydrogen-bond donors (Lipinski definition) is 1. The van der Waals surface area contributed by atoms with Crippen molar-refractivity contribution >= 4 is 17.2 Å². The summed E-state index contributed by atoms with van der Waals surface area (Å²) in [6.45, 7) is 5.81. The lowest BCUT2D eigenvalue weighted by molar-refractivity contribution is 0.0456. The molecule has 3 rings (SSSR count). The minimum atomic E-state index is 0.511. The second kappa shape index (κ2) is 6.20. The molecule has 0 amide bonds. The van der Waals surface area contributed by atoms with Gasteiger partial charge in [-0.1, -0.05) is 42.9 Å². The van der Waals surface area contributed by atoms with E-state index in [9.17, 15) is 0 Å². The van der Waals surface area contributed by atoms with Gasteiger partial charge in [0.1, 0.15) is 4.99 Å². The topological polar surface area (TPSA) is 32.5 Å². The van der Waals surface area contributed by atoms with E-state index in [1.165, 1.54) is 44.5 Å². The normalized spacial score (nSPS) is 24.3. The molecule has 1 unspecified atom stereocenters. The van der Waals surface area contributed by atoms with Gasteiger partial charge in [0.15, 0.2) is 0 Å². The van der Waals surface area contributed by atoms with Crippen molar-refractivity contribution in [1.82, 2.24) is 9.80 Å². The molecule has 0 spiro atoms. The van der Waals surface area contributed by atoms with Crippen LogP contribution in [0.2, 0.25) is 0 Å². The van der Waals surface area contributed by atoms with E-state index in [-0.39, 0.29) is 0 Å². The fraction of sp³-hybridized carbons (Fsp3) is 0.562. The average molecular weight is 289 g/mol. The van der Waals surface area contributed by atoms with Crippen LogP contribution in [-0.2, 0) is 6.54 Å². The van der Waals surface area contributed by atoms with Crippen LogP contribution >= 0.6 is 12.2 Å². The summed E-state index contributed by atoms with van der Waals surface area (Å²) >= 11 is 5.16. The van der Waals surface area contributed by atoms with E-state index >= 15 is 0 Å². The third-order valence-corrected chi connectivity index (χ3v) is 4.82. The number of rotatable bonds is 3. The molecule has 108 valence electrons. The van der Waals surface area contributed by atoms with Gasteiger partial charge in [0, 0.05) is 37.8 Å². The quantitative estimate of drug-likeness (QED) is 0.863. The van der Waals surface area contributed by atoms with Crippen molar-refractivity contribution in [2.24, 2.45) is 5.73 Å². The molecule has 0 aromatic heterocycles. The van der Waals surface area contributed by atoms with E-state index < -0.39 is 0 Å². The van der Waals surface area contributed by atoms with Crippen LogP contribution in [0.25, 0.3) is 0 Å². The lowest BCUT2D eigenvalue weighted by atomic mass is 9.98. The highest BCUT2D eigenvalue weighted by atomic mass is 32.1. The maximum absolute atomic E-state index is 5.83. The van der Waals surface area contributed by atoms with Crippen molar-refractivity contribution < 1.29 is 0 Å². The molecule has 2 aliphatic rings. The van der Waals surface area contributed by atoms with Crippen LogP contribution in [0.3, 0.4) is 0 Å². The Kier molecular flexibility index (Phi) is 4.34. The molecule has 20 heavy (non-hydrogen) atoms.